The van der Waals surface area contributed by atoms with Crippen LogP contribution in [0.5, 0.6) is 0 Å². The molecule has 0 aliphatic heterocycles. The van der Waals surface area contributed by atoms with Crippen molar-refractivity contribution in [3.8, 4) is 22.3 Å². The minimum absolute atomic E-state index is 0.0917. The molecule has 194 valence electrons. The Hall–Kier alpha value is -2.34. The van der Waals surface area contributed by atoms with Crippen molar-refractivity contribution in [2.24, 2.45) is 0 Å². The lowest BCUT2D eigenvalue weighted by molar-refractivity contribution is 0.586. The second-order valence-electron chi connectivity index (χ2n) is 11.6. The largest absolute Gasteiger partial charge is 0.0654 e. The summed E-state index contributed by atoms with van der Waals surface area (Å²) >= 11 is 0. The van der Waals surface area contributed by atoms with Gasteiger partial charge in [-0.1, -0.05) is 153 Å². The monoisotopic (exact) mass is 482 g/mol. The van der Waals surface area contributed by atoms with Gasteiger partial charge in [0.25, 0.3) is 0 Å². The fourth-order valence-corrected chi connectivity index (χ4v) is 5.56. The maximum Gasteiger partial charge on any atom is -0.0108 e. The van der Waals surface area contributed by atoms with E-state index in [0.29, 0.717) is 0 Å². The summed E-state index contributed by atoms with van der Waals surface area (Å²) in [6, 6.07) is 25.0. The van der Waals surface area contributed by atoms with E-state index in [9.17, 15) is 0 Å². The Bertz CT molecular complexity index is 1020. The molecule has 0 bridgehead atoms. The van der Waals surface area contributed by atoms with Crippen molar-refractivity contribution in [2.75, 3.05) is 0 Å². The summed E-state index contributed by atoms with van der Waals surface area (Å²) in [5.41, 5.74) is 10.5. The first-order valence-corrected chi connectivity index (χ1v) is 14.8. The molecule has 0 radical (unpaired) electrons. The Kier molecular flexibility index (Phi) is 11.3. The molecule has 0 fully saturated rings. The molecule has 0 nitrogen and oxygen atoms in total. The average molecular weight is 483 g/mol. The van der Waals surface area contributed by atoms with Crippen molar-refractivity contribution in [3.05, 3.63) is 83.4 Å². The zero-order valence-electron chi connectivity index (χ0n) is 23.8. The van der Waals surface area contributed by atoms with Gasteiger partial charge in [-0.15, -0.1) is 0 Å². The van der Waals surface area contributed by atoms with Crippen LogP contribution < -0.4 is 0 Å². The predicted octanol–water partition coefficient (Wildman–Crippen LogP) is 11.3. The van der Waals surface area contributed by atoms with Gasteiger partial charge in [0.15, 0.2) is 0 Å². The number of unbranched alkanes of at least 4 members (excludes halogenated alkanes) is 8. The lowest BCUT2D eigenvalue weighted by Crippen LogP contribution is -2.16. The molecule has 0 heterocycles. The smallest absolute Gasteiger partial charge is 0.0108 e. The number of hydrogen-bond donors (Lipinski definition) is 0. The van der Waals surface area contributed by atoms with Gasteiger partial charge in [-0.25, -0.2) is 0 Å². The van der Waals surface area contributed by atoms with Crippen LogP contribution >= 0.6 is 0 Å². The van der Waals surface area contributed by atoms with E-state index in [4.69, 9.17) is 0 Å². The highest BCUT2D eigenvalue weighted by atomic mass is 14.3. The molecular weight excluding hydrogens is 432 g/mol. The lowest BCUT2D eigenvalue weighted by atomic mass is 9.74. The van der Waals surface area contributed by atoms with Crippen molar-refractivity contribution < 1.29 is 0 Å². The van der Waals surface area contributed by atoms with Gasteiger partial charge in [0.1, 0.15) is 0 Å². The van der Waals surface area contributed by atoms with Gasteiger partial charge in [0.2, 0.25) is 0 Å². The summed E-state index contributed by atoms with van der Waals surface area (Å²) < 4.78 is 0. The Morgan fingerprint density at radius 2 is 1.00 bits per heavy atom. The third-order valence-corrected chi connectivity index (χ3v) is 7.53. The van der Waals surface area contributed by atoms with Gasteiger partial charge in [-0.05, 0) is 70.0 Å². The average Bonchev–Trinajstić information content (AvgIpc) is 2.88. The second-order valence-corrected chi connectivity index (χ2v) is 11.6. The predicted molar refractivity (Wildman–Crippen MR) is 161 cm³/mol. The van der Waals surface area contributed by atoms with E-state index in [1.54, 1.807) is 11.1 Å². The molecule has 0 atom stereocenters. The molecule has 0 spiro atoms. The molecule has 0 unspecified atom stereocenters. The van der Waals surface area contributed by atoms with Crippen molar-refractivity contribution in [1.82, 2.24) is 0 Å². The zero-order valence-corrected chi connectivity index (χ0v) is 23.8. The summed E-state index contributed by atoms with van der Waals surface area (Å²) in [6.45, 7) is 11.8. The van der Waals surface area contributed by atoms with Gasteiger partial charge in [0.05, 0.1) is 0 Å². The molecule has 0 heteroatoms. The van der Waals surface area contributed by atoms with E-state index in [1.165, 1.54) is 98.4 Å². The van der Waals surface area contributed by atoms with E-state index in [-0.39, 0.29) is 5.41 Å². The van der Waals surface area contributed by atoms with Gasteiger partial charge in [0, 0.05) is 0 Å². The van der Waals surface area contributed by atoms with Gasteiger partial charge < -0.3 is 0 Å². The van der Waals surface area contributed by atoms with Gasteiger partial charge in [-0.2, -0.15) is 0 Å². The number of aryl methyl sites for hydroxylation is 1. The Labute approximate surface area is 222 Å². The molecule has 0 amide bonds. The SMILES string of the molecule is CCCCCCCCc1cc(C(C)(C)C)c(-c2ccccc2)c(CCCCCC)c1-c1ccccc1. The molecule has 0 aliphatic rings. The molecule has 0 aliphatic carbocycles. The first-order chi connectivity index (χ1) is 17.5. The van der Waals surface area contributed by atoms with Crippen molar-refractivity contribution in [1.29, 1.82) is 0 Å². The first-order valence-electron chi connectivity index (χ1n) is 14.8. The molecule has 0 saturated carbocycles. The van der Waals surface area contributed by atoms with Crippen LogP contribution in [-0.4, -0.2) is 0 Å². The van der Waals surface area contributed by atoms with Crippen LogP contribution in [0.15, 0.2) is 66.7 Å². The molecule has 3 aromatic carbocycles. The highest BCUT2D eigenvalue weighted by Gasteiger charge is 2.26. The normalized spacial score (nSPS) is 11.7. The first kappa shape index (κ1) is 28.2. The minimum atomic E-state index is 0.0917. The number of hydrogen-bond acceptors (Lipinski definition) is 0. The molecule has 3 aromatic rings. The fraction of sp³-hybridized carbons (Fsp3) is 0.500. The standard InChI is InChI=1S/C36H50/c1-6-8-10-12-13-16-26-31-28-33(36(3,4)5)35(30-24-19-15-20-25-30)32(27-21-11-9-7-2)34(31)29-22-17-14-18-23-29/h14-15,17-20,22-25,28H,6-13,16,21,26-27H2,1-5H3. The van der Waals surface area contributed by atoms with E-state index in [0.717, 1.165) is 6.42 Å². The van der Waals surface area contributed by atoms with E-state index >= 15 is 0 Å². The summed E-state index contributed by atoms with van der Waals surface area (Å²) in [6.07, 6.45) is 15.6. The number of benzene rings is 3. The van der Waals surface area contributed by atoms with Crippen LogP contribution in [0.25, 0.3) is 22.3 Å². The quantitative estimate of drug-likeness (QED) is 0.200. The summed E-state index contributed by atoms with van der Waals surface area (Å²) in [4.78, 5) is 0. The summed E-state index contributed by atoms with van der Waals surface area (Å²) in [5.74, 6) is 0. The summed E-state index contributed by atoms with van der Waals surface area (Å²) in [7, 11) is 0. The molecular formula is C36H50. The highest BCUT2D eigenvalue weighted by molar-refractivity contribution is 5.84. The van der Waals surface area contributed by atoms with E-state index in [1.807, 2.05) is 0 Å². The van der Waals surface area contributed by atoms with Crippen LogP contribution in [-0.2, 0) is 18.3 Å². The summed E-state index contributed by atoms with van der Waals surface area (Å²) in [5, 5.41) is 0. The topological polar surface area (TPSA) is 0 Å². The maximum atomic E-state index is 2.59. The second kappa shape index (κ2) is 14.4. The van der Waals surface area contributed by atoms with E-state index in [2.05, 4.69) is 101 Å². The Balaban J connectivity index is 2.17. The van der Waals surface area contributed by atoms with Crippen LogP contribution in [0.1, 0.15) is 116 Å². The highest BCUT2D eigenvalue weighted by Crippen LogP contribution is 2.43. The molecule has 36 heavy (non-hydrogen) atoms. The van der Waals surface area contributed by atoms with Crippen LogP contribution in [0.4, 0.5) is 0 Å². The van der Waals surface area contributed by atoms with Crippen LogP contribution in [0, 0.1) is 0 Å². The lowest BCUT2D eigenvalue weighted by Gasteiger charge is -2.30. The van der Waals surface area contributed by atoms with Gasteiger partial charge in [-0.3, -0.25) is 0 Å². The van der Waals surface area contributed by atoms with Crippen molar-refractivity contribution in [3.63, 3.8) is 0 Å². The third-order valence-electron chi connectivity index (χ3n) is 7.53. The molecule has 0 aromatic heterocycles. The van der Waals surface area contributed by atoms with Crippen LogP contribution in [0.2, 0.25) is 0 Å². The van der Waals surface area contributed by atoms with Crippen molar-refractivity contribution >= 4 is 0 Å². The maximum absolute atomic E-state index is 2.59. The third kappa shape index (κ3) is 7.83. The number of rotatable bonds is 14. The molecule has 3 rings (SSSR count). The van der Waals surface area contributed by atoms with E-state index < -0.39 is 0 Å². The molecule has 0 N–H and O–H groups in total. The zero-order chi connectivity index (χ0) is 25.8. The molecule has 0 saturated heterocycles. The Morgan fingerprint density at radius 1 is 0.528 bits per heavy atom. The minimum Gasteiger partial charge on any atom is -0.0654 e. The van der Waals surface area contributed by atoms with Gasteiger partial charge >= 0.3 is 0 Å². The van der Waals surface area contributed by atoms with Crippen LogP contribution in [0.3, 0.4) is 0 Å². The Morgan fingerprint density at radius 3 is 1.56 bits per heavy atom. The fourth-order valence-electron chi connectivity index (χ4n) is 5.56. The van der Waals surface area contributed by atoms with Crippen molar-refractivity contribution in [2.45, 2.75) is 117 Å².